The molecule has 0 radical (unpaired) electrons. The monoisotopic (exact) mass is 449 g/mol. The topological polar surface area (TPSA) is 88.9 Å². The third-order valence-electron chi connectivity index (χ3n) is 5.74. The van der Waals surface area contributed by atoms with Crippen LogP contribution in [-0.2, 0) is 4.79 Å². The number of hydrogen-bond donors (Lipinski definition) is 2. The molecule has 32 heavy (non-hydrogen) atoms. The molecule has 1 aliphatic rings. The molecular formula is C24H27N5O2S. The molecule has 0 unspecified atom stereocenters. The molecule has 1 aliphatic carbocycles. The van der Waals surface area contributed by atoms with Gasteiger partial charge < -0.3 is 10.6 Å². The van der Waals surface area contributed by atoms with Gasteiger partial charge in [0.15, 0.2) is 5.16 Å². The Kier molecular flexibility index (Phi) is 6.90. The van der Waals surface area contributed by atoms with Crippen molar-refractivity contribution >= 4 is 29.3 Å². The molecule has 0 saturated heterocycles. The Hall–Kier alpha value is -3.13. The molecule has 0 spiro atoms. The first-order valence-electron chi connectivity index (χ1n) is 10.8. The maximum absolute atomic E-state index is 12.4. The van der Waals surface area contributed by atoms with Gasteiger partial charge >= 0.3 is 0 Å². The van der Waals surface area contributed by atoms with Crippen LogP contribution in [-0.4, -0.2) is 38.4 Å². The highest BCUT2D eigenvalue weighted by Crippen LogP contribution is 2.22. The number of aryl methyl sites for hydroxylation is 2. The van der Waals surface area contributed by atoms with Crippen LogP contribution in [0.15, 0.2) is 53.9 Å². The van der Waals surface area contributed by atoms with E-state index in [1.807, 2.05) is 10.6 Å². The van der Waals surface area contributed by atoms with Gasteiger partial charge in [0, 0.05) is 23.0 Å². The average molecular weight is 450 g/mol. The van der Waals surface area contributed by atoms with E-state index in [0.717, 1.165) is 18.5 Å². The number of amides is 2. The lowest BCUT2D eigenvalue weighted by atomic mass is 10.1. The molecule has 166 valence electrons. The van der Waals surface area contributed by atoms with Crippen LogP contribution >= 0.6 is 11.8 Å². The van der Waals surface area contributed by atoms with Crippen molar-refractivity contribution in [1.82, 2.24) is 20.1 Å². The van der Waals surface area contributed by atoms with Crippen molar-refractivity contribution in [2.75, 3.05) is 11.1 Å². The smallest absolute Gasteiger partial charge is 0.251 e. The molecule has 1 aromatic heterocycles. The summed E-state index contributed by atoms with van der Waals surface area (Å²) in [6.07, 6.45) is 6.10. The summed E-state index contributed by atoms with van der Waals surface area (Å²) >= 11 is 1.32. The van der Waals surface area contributed by atoms with E-state index in [1.165, 1.54) is 35.7 Å². The summed E-state index contributed by atoms with van der Waals surface area (Å²) in [5, 5.41) is 14.7. The van der Waals surface area contributed by atoms with E-state index in [1.54, 1.807) is 30.6 Å². The van der Waals surface area contributed by atoms with Gasteiger partial charge in [0.1, 0.15) is 6.33 Å². The van der Waals surface area contributed by atoms with Gasteiger partial charge in [-0.1, -0.05) is 30.7 Å². The van der Waals surface area contributed by atoms with E-state index in [2.05, 4.69) is 46.8 Å². The molecule has 1 heterocycles. The van der Waals surface area contributed by atoms with Crippen LogP contribution in [0.5, 0.6) is 0 Å². The normalized spacial score (nSPS) is 13.8. The highest BCUT2D eigenvalue weighted by atomic mass is 32.2. The number of hydrogen-bond acceptors (Lipinski definition) is 5. The predicted molar refractivity (Wildman–Crippen MR) is 126 cm³/mol. The average Bonchev–Trinajstić information content (AvgIpc) is 3.47. The van der Waals surface area contributed by atoms with Crippen molar-refractivity contribution < 1.29 is 9.59 Å². The molecule has 2 N–H and O–H groups in total. The number of rotatable bonds is 7. The van der Waals surface area contributed by atoms with Gasteiger partial charge in [-0.2, -0.15) is 0 Å². The van der Waals surface area contributed by atoms with Gasteiger partial charge in [0.25, 0.3) is 5.91 Å². The van der Waals surface area contributed by atoms with Crippen LogP contribution in [0, 0.1) is 13.8 Å². The summed E-state index contributed by atoms with van der Waals surface area (Å²) in [5.41, 5.74) is 4.63. The molecule has 1 saturated carbocycles. The van der Waals surface area contributed by atoms with Crippen molar-refractivity contribution in [3.8, 4) is 5.69 Å². The van der Waals surface area contributed by atoms with Gasteiger partial charge in [-0.25, -0.2) is 0 Å². The molecule has 0 bridgehead atoms. The van der Waals surface area contributed by atoms with Crippen LogP contribution < -0.4 is 10.6 Å². The molecule has 3 aromatic rings. The van der Waals surface area contributed by atoms with Crippen LogP contribution in [0.2, 0.25) is 0 Å². The van der Waals surface area contributed by atoms with Crippen LogP contribution in [0.3, 0.4) is 0 Å². The Bertz CT molecular complexity index is 1100. The molecule has 1 fully saturated rings. The lowest BCUT2D eigenvalue weighted by molar-refractivity contribution is -0.113. The summed E-state index contributed by atoms with van der Waals surface area (Å²) in [6.45, 7) is 4.13. The van der Waals surface area contributed by atoms with E-state index in [-0.39, 0.29) is 23.6 Å². The quantitative estimate of drug-likeness (QED) is 0.526. The maximum atomic E-state index is 12.4. The zero-order valence-electron chi connectivity index (χ0n) is 18.3. The van der Waals surface area contributed by atoms with Crippen LogP contribution in [0.1, 0.15) is 47.2 Å². The van der Waals surface area contributed by atoms with Crippen molar-refractivity contribution in [2.24, 2.45) is 0 Å². The van der Waals surface area contributed by atoms with Crippen molar-refractivity contribution in [2.45, 2.75) is 50.7 Å². The zero-order chi connectivity index (χ0) is 22.5. The lowest BCUT2D eigenvalue weighted by Crippen LogP contribution is -2.32. The minimum absolute atomic E-state index is 0.0592. The zero-order valence-corrected chi connectivity index (χ0v) is 19.1. The van der Waals surface area contributed by atoms with E-state index in [4.69, 9.17) is 0 Å². The summed E-state index contributed by atoms with van der Waals surface area (Å²) in [5.74, 6) is -0.00297. The highest BCUT2D eigenvalue weighted by molar-refractivity contribution is 7.99. The van der Waals surface area contributed by atoms with E-state index >= 15 is 0 Å². The second kappa shape index (κ2) is 9.99. The Labute approximate surface area is 192 Å². The maximum Gasteiger partial charge on any atom is 0.251 e. The molecule has 4 rings (SSSR count). The largest absolute Gasteiger partial charge is 0.349 e. The molecule has 8 heteroatoms. The lowest BCUT2D eigenvalue weighted by Gasteiger charge is -2.12. The second-order valence-corrected chi connectivity index (χ2v) is 9.06. The van der Waals surface area contributed by atoms with Crippen molar-refractivity contribution in [3.05, 3.63) is 65.5 Å². The molecule has 2 amide bonds. The third kappa shape index (κ3) is 5.37. The summed E-state index contributed by atoms with van der Waals surface area (Å²) in [4.78, 5) is 24.8. The van der Waals surface area contributed by atoms with Gasteiger partial charge in [-0.05, 0) is 74.2 Å². The van der Waals surface area contributed by atoms with Gasteiger partial charge in [-0.3, -0.25) is 14.2 Å². The third-order valence-corrected chi connectivity index (χ3v) is 6.68. The Morgan fingerprint density at radius 3 is 2.53 bits per heavy atom. The van der Waals surface area contributed by atoms with Gasteiger partial charge in [0.05, 0.1) is 5.75 Å². The fraction of sp³-hybridized carbons (Fsp3) is 0.333. The number of carbonyl (C=O) groups is 2. The Morgan fingerprint density at radius 2 is 1.81 bits per heavy atom. The number of nitrogens with one attached hydrogen (secondary N) is 2. The fourth-order valence-electron chi connectivity index (χ4n) is 3.75. The number of carbonyl (C=O) groups excluding carboxylic acids is 2. The van der Waals surface area contributed by atoms with E-state index in [0.29, 0.717) is 16.4 Å². The Morgan fingerprint density at radius 1 is 1.06 bits per heavy atom. The second-order valence-electron chi connectivity index (χ2n) is 8.12. The number of thioether (sulfide) groups is 1. The van der Waals surface area contributed by atoms with E-state index in [9.17, 15) is 9.59 Å². The molecule has 2 aromatic carbocycles. The Balaban J connectivity index is 1.31. The highest BCUT2D eigenvalue weighted by Gasteiger charge is 2.18. The van der Waals surface area contributed by atoms with E-state index < -0.39 is 0 Å². The number of nitrogens with zero attached hydrogens (tertiary/aromatic N) is 3. The molecule has 0 atom stereocenters. The van der Waals surface area contributed by atoms with Crippen LogP contribution in [0.25, 0.3) is 5.69 Å². The summed E-state index contributed by atoms with van der Waals surface area (Å²) < 4.78 is 1.88. The number of benzene rings is 2. The fourth-order valence-corrected chi connectivity index (χ4v) is 4.48. The van der Waals surface area contributed by atoms with Crippen molar-refractivity contribution in [3.63, 3.8) is 0 Å². The number of anilines is 1. The first kappa shape index (κ1) is 22.1. The number of aromatic nitrogens is 3. The standard InChI is InChI=1S/C24H27N5O2S/c1-16-7-12-21(13-17(16)2)29-15-25-28-24(29)32-14-22(30)26-20-10-8-18(9-11-20)23(31)27-19-5-3-4-6-19/h7-13,15,19H,3-6,14H2,1-2H3,(H,26,30)(H,27,31). The van der Waals surface area contributed by atoms with Crippen LogP contribution in [0.4, 0.5) is 5.69 Å². The minimum atomic E-state index is -0.146. The van der Waals surface area contributed by atoms with Crippen molar-refractivity contribution in [1.29, 1.82) is 0 Å². The SMILES string of the molecule is Cc1ccc(-n2cnnc2SCC(=O)Nc2ccc(C(=O)NC3CCCC3)cc2)cc1C. The van der Waals surface area contributed by atoms with Gasteiger partial charge in [0.2, 0.25) is 5.91 Å². The first-order chi connectivity index (χ1) is 15.5. The molecule has 0 aliphatic heterocycles. The predicted octanol–water partition coefficient (Wildman–Crippen LogP) is 4.29. The first-order valence-corrected chi connectivity index (χ1v) is 11.8. The van der Waals surface area contributed by atoms with Gasteiger partial charge in [-0.15, -0.1) is 10.2 Å². The minimum Gasteiger partial charge on any atom is -0.349 e. The summed E-state index contributed by atoms with van der Waals surface area (Å²) in [7, 11) is 0. The molecule has 7 nitrogen and oxygen atoms in total. The summed E-state index contributed by atoms with van der Waals surface area (Å²) in [6, 6.07) is 13.4. The molecular weight excluding hydrogens is 422 g/mol.